The maximum Gasteiger partial charge on any atom is 0.459 e. The summed E-state index contributed by atoms with van der Waals surface area (Å²) in [4.78, 5) is 30.4. The average Bonchev–Trinajstić information content (AvgIpc) is 3.91. The summed E-state index contributed by atoms with van der Waals surface area (Å²) in [6.45, 7) is -0.684. The molecule has 6 rings (SSSR count). The second-order valence-electron chi connectivity index (χ2n) is 12.4. The van der Waals surface area contributed by atoms with Crippen molar-refractivity contribution in [1.29, 1.82) is 5.26 Å². The van der Waals surface area contributed by atoms with Crippen molar-refractivity contribution in [3.05, 3.63) is 54.5 Å². The van der Waals surface area contributed by atoms with E-state index in [0.29, 0.717) is 31.2 Å². The molecule has 2 aromatic heterocycles. The predicted molar refractivity (Wildman–Crippen MR) is 170 cm³/mol. The van der Waals surface area contributed by atoms with Crippen molar-refractivity contribution >= 4 is 31.0 Å². The lowest BCUT2D eigenvalue weighted by atomic mass is 9.92. The maximum absolute atomic E-state index is 14.5. The number of nitrogens with one attached hydrogen (secondary N) is 1. The van der Waals surface area contributed by atoms with Gasteiger partial charge in [0.2, 0.25) is 5.60 Å². The van der Waals surface area contributed by atoms with Crippen LogP contribution in [-0.4, -0.2) is 79.9 Å². The fraction of sp³-hybridized carbons (Fsp3) is 0.531. The molecular weight excluding hydrogens is 659 g/mol. The molecule has 5 N–H and O–H groups in total. The van der Waals surface area contributed by atoms with Gasteiger partial charge in [-0.05, 0) is 75.6 Å². The first-order valence-corrected chi connectivity index (χ1v) is 17.9. The van der Waals surface area contributed by atoms with Crippen LogP contribution in [0.1, 0.15) is 63.5 Å². The molecule has 17 heteroatoms. The summed E-state index contributed by atoms with van der Waals surface area (Å²) in [5, 5.41) is 39.2. The SMILES string of the molecule is N#C[C@@]1(c2ccc3c(N)ncnn23)O[C@H](CO[P@](=O)(N[C@@H](CC(=O)OC2CCCC2)C(=O)OC2CCCC2)Oc2ccccc2)[C@@H](O)[C@H]1O. The van der Waals surface area contributed by atoms with Crippen molar-refractivity contribution in [2.24, 2.45) is 0 Å². The Hall–Kier alpha value is -4.10. The summed E-state index contributed by atoms with van der Waals surface area (Å²) >= 11 is 0. The number of nitrogens with zero attached hydrogens (tertiary/aromatic N) is 4. The first-order valence-electron chi connectivity index (χ1n) is 16.3. The molecule has 262 valence electrons. The molecule has 0 bridgehead atoms. The number of nitriles is 1. The Morgan fingerprint density at radius 1 is 1.08 bits per heavy atom. The number of hydrogen-bond acceptors (Lipinski definition) is 14. The molecule has 16 nitrogen and oxygen atoms in total. The second-order valence-corrected chi connectivity index (χ2v) is 14.1. The number of aliphatic hydroxyl groups excluding tert-OH is 2. The van der Waals surface area contributed by atoms with Crippen LogP contribution in [-0.2, 0) is 38.5 Å². The number of anilines is 1. The van der Waals surface area contributed by atoms with Crippen molar-refractivity contribution in [2.45, 2.75) is 100.0 Å². The first kappa shape index (κ1) is 34.8. The molecular formula is C32H39N6O10P. The van der Waals surface area contributed by atoms with Crippen LogP contribution in [0.2, 0.25) is 0 Å². The normalized spacial score (nSPS) is 26.3. The minimum Gasteiger partial charge on any atom is -0.462 e. The Bertz CT molecular complexity index is 1720. The van der Waals surface area contributed by atoms with Crippen molar-refractivity contribution in [1.82, 2.24) is 19.7 Å². The van der Waals surface area contributed by atoms with Crippen LogP contribution in [0.4, 0.5) is 5.82 Å². The Morgan fingerprint density at radius 3 is 2.43 bits per heavy atom. The van der Waals surface area contributed by atoms with Gasteiger partial charge in [-0.15, -0.1) is 0 Å². The van der Waals surface area contributed by atoms with Gasteiger partial charge in [0.25, 0.3) is 0 Å². The molecule has 0 amide bonds. The highest BCUT2D eigenvalue weighted by atomic mass is 31.2. The van der Waals surface area contributed by atoms with E-state index in [0.717, 1.165) is 32.0 Å². The number of aromatic nitrogens is 3. The Kier molecular flexibility index (Phi) is 10.5. The highest BCUT2D eigenvalue weighted by molar-refractivity contribution is 7.52. The number of carbonyl (C=O) groups is 2. The number of nitrogen functional groups attached to an aromatic ring is 1. The molecule has 1 aliphatic heterocycles. The van der Waals surface area contributed by atoms with E-state index in [1.54, 1.807) is 18.2 Å². The van der Waals surface area contributed by atoms with Gasteiger partial charge >= 0.3 is 19.7 Å². The molecule has 0 radical (unpaired) electrons. The highest BCUT2D eigenvalue weighted by Gasteiger charge is 2.58. The number of carbonyl (C=O) groups excluding carboxylic acids is 2. The van der Waals surface area contributed by atoms with Gasteiger partial charge in [-0.3, -0.25) is 14.1 Å². The number of nitrogens with two attached hydrogens (primary N) is 1. The minimum atomic E-state index is -4.60. The van der Waals surface area contributed by atoms with E-state index in [4.69, 9.17) is 29.0 Å². The summed E-state index contributed by atoms with van der Waals surface area (Å²) in [6, 6.07) is 11.4. The molecule has 3 heterocycles. The third-order valence-electron chi connectivity index (χ3n) is 9.02. The Balaban J connectivity index is 1.24. The molecule has 3 aromatic rings. The van der Waals surface area contributed by atoms with Gasteiger partial charge in [0, 0.05) is 0 Å². The first-order chi connectivity index (χ1) is 23.6. The number of rotatable bonds is 13. The summed E-state index contributed by atoms with van der Waals surface area (Å²) in [7, 11) is -4.60. The molecule has 6 atom stereocenters. The van der Waals surface area contributed by atoms with Crippen LogP contribution < -0.4 is 15.3 Å². The molecule has 0 unspecified atom stereocenters. The van der Waals surface area contributed by atoms with E-state index in [-0.39, 0.29) is 29.5 Å². The van der Waals surface area contributed by atoms with Crippen molar-refractivity contribution < 1.29 is 47.6 Å². The van der Waals surface area contributed by atoms with Crippen LogP contribution in [0, 0.1) is 11.3 Å². The maximum atomic E-state index is 14.5. The number of para-hydroxylation sites is 1. The highest BCUT2D eigenvalue weighted by Crippen LogP contribution is 2.47. The molecule has 2 saturated carbocycles. The van der Waals surface area contributed by atoms with E-state index < -0.39 is 62.7 Å². The molecule has 3 fully saturated rings. The summed E-state index contributed by atoms with van der Waals surface area (Å²) in [5.41, 5.74) is 4.19. The number of benzene rings is 1. The minimum absolute atomic E-state index is 0.0606. The number of aliphatic hydroxyl groups is 2. The monoisotopic (exact) mass is 698 g/mol. The zero-order valence-corrected chi connectivity index (χ0v) is 27.5. The third kappa shape index (κ3) is 7.57. The van der Waals surface area contributed by atoms with E-state index in [2.05, 4.69) is 15.2 Å². The van der Waals surface area contributed by atoms with E-state index in [1.807, 2.05) is 6.07 Å². The molecule has 3 aliphatic rings. The lowest BCUT2D eigenvalue weighted by Gasteiger charge is -2.27. The average molecular weight is 699 g/mol. The lowest BCUT2D eigenvalue weighted by Crippen LogP contribution is -2.42. The van der Waals surface area contributed by atoms with E-state index >= 15 is 0 Å². The fourth-order valence-electron chi connectivity index (χ4n) is 6.46. The summed E-state index contributed by atoms with van der Waals surface area (Å²) < 4.78 is 44.5. The van der Waals surface area contributed by atoms with Gasteiger partial charge in [-0.25, -0.2) is 14.1 Å². The second kappa shape index (κ2) is 14.8. The zero-order valence-electron chi connectivity index (χ0n) is 26.6. The largest absolute Gasteiger partial charge is 0.462 e. The molecule has 1 aromatic carbocycles. The number of ether oxygens (including phenoxy) is 3. The van der Waals surface area contributed by atoms with Gasteiger partial charge in [-0.2, -0.15) is 15.4 Å². The van der Waals surface area contributed by atoms with Gasteiger partial charge in [0.05, 0.1) is 18.7 Å². The van der Waals surface area contributed by atoms with Crippen LogP contribution >= 0.6 is 7.75 Å². The smallest absolute Gasteiger partial charge is 0.459 e. The quantitative estimate of drug-likeness (QED) is 0.149. The van der Waals surface area contributed by atoms with Crippen molar-refractivity contribution in [3.8, 4) is 11.8 Å². The molecule has 1 saturated heterocycles. The van der Waals surface area contributed by atoms with Crippen LogP contribution in [0.25, 0.3) is 5.52 Å². The van der Waals surface area contributed by atoms with Crippen LogP contribution in [0.3, 0.4) is 0 Å². The summed E-state index contributed by atoms with van der Waals surface area (Å²) in [6.07, 6.45) is 1.47. The fourth-order valence-corrected chi connectivity index (χ4v) is 7.96. The lowest BCUT2D eigenvalue weighted by molar-refractivity contribution is -0.157. The van der Waals surface area contributed by atoms with Crippen LogP contribution in [0.15, 0.2) is 48.8 Å². The predicted octanol–water partition coefficient (Wildman–Crippen LogP) is 2.67. The van der Waals surface area contributed by atoms with Crippen molar-refractivity contribution in [2.75, 3.05) is 12.3 Å². The Morgan fingerprint density at radius 2 is 1.76 bits per heavy atom. The standard InChI is InChI=1S/C32H39N6O10P/c33-18-32(26-15-14-24-30(34)35-19-36-38(24)26)29(41)28(40)25(47-32)17-44-49(43,48-22-12-2-1-3-13-22)37-23(31(42)46-21-10-6-7-11-21)16-27(39)45-20-8-4-5-9-20/h1-3,12-15,19-21,23,25,28-29,40-41H,4-11,16-17H2,(H,37,43)(H2,34,35,36)/t23-,25+,28+,29+,32-,49+/m0/s1. The molecule has 49 heavy (non-hydrogen) atoms. The van der Waals surface area contributed by atoms with Gasteiger partial charge in [0.1, 0.15) is 60.2 Å². The topological polar surface area (TPSA) is 230 Å². The molecule has 2 aliphatic carbocycles. The zero-order chi connectivity index (χ0) is 34.6. The Labute approximate surface area is 282 Å². The number of fused-ring (bicyclic) bond motifs is 1. The van der Waals surface area contributed by atoms with Gasteiger partial charge in [0.15, 0.2) is 5.82 Å². The third-order valence-corrected chi connectivity index (χ3v) is 10.6. The number of esters is 2. The molecule has 0 spiro atoms. The summed E-state index contributed by atoms with van der Waals surface area (Å²) in [5.74, 6) is -1.29. The van der Waals surface area contributed by atoms with E-state index in [9.17, 15) is 29.6 Å². The van der Waals surface area contributed by atoms with Crippen LogP contribution in [0.5, 0.6) is 5.75 Å². The van der Waals surface area contributed by atoms with Crippen molar-refractivity contribution in [3.63, 3.8) is 0 Å². The number of hydrogen-bond donors (Lipinski definition) is 4. The van der Waals surface area contributed by atoms with Gasteiger partial charge < -0.3 is 34.7 Å². The van der Waals surface area contributed by atoms with Gasteiger partial charge in [-0.1, -0.05) is 18.2 Å². The van der Waals surface area contributed by atoms with E-state index in [1.165, 1.54) is 28.8 Å².